The number of imide groups is 1. The summed E-state index contributed by atoms with van der Waals surface area (Å²) in [5, 5.41) is 1.68. The fraction of sp³-hybridized carbons (Fsp3) is 0.182. The summed E-state index contributed by atoms with van der Waals surface area (Å²) in [5.74, 6) is -1.89. The first-order chi connectivity index (χ1) is 9.81. The summed E-state index contributed by atoms with van der Waals surface area (Å²) in [7, 11) is -3.84. The van der Waals surface area contributed by atoms with E-state index in [4.69, 9.17) is 0 Å². The molecule has 21 heavy (non-hydrogen) atoms. The molecule has 0 aliphatic rings. The van der Waals surface area contributed by atoms with Crippen molar-refractivity contribution in [1.82, 2.24) is 10.0 Å². The smallest absolute Gasteiger partial charge is 0.321 e. The molecule has 4 N–H and O–H groups in total. The summed E-state index contributed by atoms with van der Waals surface area (Å²) in [6, 6.07) is 6.33. The van der Waals surface area contributed by atoms with Crippen LogP contribution in [0.15, 0.2) is 35.2 Å². The maximum atomic E-state index is 11.8. The monoisotopic (exact) mass is 315 g/mol. The van der Waals surface area contributed by atoms with E-state index in [1.807, 2.05) is 4.72 Å². The van der Waals surface area contributed by atoms with Gasteiger partial charge < -0.3 is 10.5 Å². The van der Waals surface area contributed by atoms with Crippen molar-refractivity contribution in [3.05, 3.63) is 30.3 Å². The number of urea groups is 1. The van der Waals surface area contributed by atoms with Crippen molar-refractivity contribution in [1.29, 1.82) is 0 Å². The summed E-state index contributed by atoms with van der Waals surface area (Å²) in [4.78, 5) is 32.5. The van der Waals surface area contributed by atoms with Gasteiger partial charge in [-0.2, -0.15) is 4.72 Å². The molecule has 0 aliphatic carbocycles. The second-order valence-electron chi connectivity index (χ2n) is 3.71. The molecule has 3 amide bonds. The molecule has 9 nitrogen and oxygen atoms in total. The number of carbonyl (C=O) groups excluding carboxylic acids is 3. The first-order valence-corrected chi connectivity index (χ1v) is 7.09. The second-order valence-corrected chi connectivity index (χ2v) is 5.48. The number of esters is 1. The highest BCUT2D eigenvalue weighted by molar-refractivity contribution is 7.89. The predicted octanol–water partition coefficient (Wildman–Crippen LogP) is -1.30. The van der Waals surface area contributed by atoms with Crippen LogP contribution in [-0.2, 0) is 24.3 Å². The summed E-state index contributed by atoms with van der Waals surface area (Å²) < 4.78 is 30.0. The van der Waals surface area contributed by atoms with Crippen molar-refractivity contribution < 1.29 is 27.5 Å². The van der Waals surface area contributed by atoms with Gasteiger partial charge in [0.1, 0.15) is 6.54 Å². The number of nitrogens with two attached hydrogens (primary N) is 1. The molecule has 0 saturated heterocycles. The van der Waals surface area contributed by atoms with Gasteiger partial charge in [-0.3, -0.25) is 14.9 Å². The number of benzene rings is 1. The average molecular weight is 315 g/mol. The molecule has 1 aromatic carbocycles. The Labute approximate surface area is 120 Å². The lowest BCUT2D eigenvalue weighted by Crippen LogP contribution is -2.39. The Hall–Kier alpha value is -2.46. The van der Waals surface area contributed by atoms with Crippen LogP contribution in [0.1, 0.15) is 0 Å². The number of sulfonamides is 1. The number of primary amides is 1. The third-order valence-electron chi connectivity index (χ3n) is 2.09. The van der Waals surface area contributed by atoms with Crippen LogP contribution in [0.3, 0.4) is 0 Å². The summed E-state index contributed by atoms with van der Waals surface area (Å²) in [5.41, 5.74) is 4.68. The maximum Gasteiger partial charge on any atom is 0.321 e. The zero-order valence-electron chi connectivity index (χ0n) is 10.7. The normalized spacial score (nSPS) is 10.7. The van der Waals surface area contributed by atoms with Crippen LogP contribution >= 0.6 is 0 Å². The van der Waals surface area contributed by atoms with Crippen molar-refractivity contribution in [2.24, 2.45) is 5.73 Å². The Morgan fingerprint density at radius 3 is 2.33 bits per heavy atom. The lowest BCUT2D eigenvalue weighted by Gasteiger charge is -2.07. The van der Waals surface area contributed by atoms with Crippen LogP contribution < -0.4 is 15.8 Å². The molecule has 0 heterocycles. The van der Waals surface area contributed by atoms with Gasteiger partial charge in [0.2, 0.25) is 10.0 Å². The van der Waals surface area contributed by atoms with Gasteiger partial charge in [0, 0.05) is 0 Å². The van der Waals surface area contributed by atoms with E-state index in [-0.39, 0.29) is 4.90 Å². The van der Waals surface area contributed by atoms with E-state index in [1.54, 1.807) is 11.4 Å². The number of nitrogens with one attached hydrogen (secondary N) is 2. The molecule has 0 unspecified atom stereocenters. The zero-order valence-corrected chi connectivity index (χ0v) is 11.6. The standard InChI is InChI=1S/C11H13N3O6S/c12-11(17)14-9(15)7-20-10(16)6-13-21(18,19)8-4-2-1-3-5-8/h1-5,13H,6-7H2,(H3,12,14,15,17). The van der Waals surface area contributed by atoms with E-state index in [0.717, 1.165) is 0 Å². The van der Waals surface area contributed by atoms with Gasteiger partial charge in [-0.05, 0) is 12.1 Å². The number of amides is 3. The highest BCUT2D eigenvalue weighted by atomic mass is 32.2. The minimum atomic E-state index is -3.84. The fourth-order valence-corrected chi connectivity index (χ4v) is 2.20. The van der Waals surface area contributed by atoms with E-state index in [2.05, 4.69) is 10.5 Å². The zero-order chi connectivity index (χ0) is 15.9. The van der Waals surface area contributed by atoms with Gasteiger partial charge in [-0.1, -0.05) is 18.2 Å². The summed E-state index contributed by atoms with van der Waals surface area (Å²) in [6.07, 6.45) is 0. The molecule has 0 bridgehead atoms. The van der Waals surface area contributed by atoms with Gasteiger partial charge in [-0.15, -0.1) is 0 Å². The van der Waals surface area contributed by atoms with Crippen molar-refractivity contribution in [2.45, 2.75) is 4.90 Å². The Balaban J connectivity index is 2.43. The number of hydrogen-bond donors (Lipinski definition) is 3. The number of ether oxygens (including phenoxy) is 1. The Morgan fingerprint density at radius 2 is 1.76 bits per heavy atom. The summed E-state index contributed by atoms with van der Waals surface area (Å²) in [6.45, 7) is -1.39. The minimum Gasteiger partial charge on any atom is -0.455 e. The minimum absolute atomic E-state index is 0.00993. The van der Waals surface area contributed by atoms with Gasteiger partial charge in [0.05, 0.1) is 4.90 Å². The molecule has 0 spiro atoms. The lowest BCUT2D eigenvalue weighted by atomic mass is 10.4. The van der Waals surface area contributed by atoms with Crippen LogP contribution in [0.25, 0.3) is 0 Å². The topological polar surface area (TPSA) is 145 Å². The van der Waals surface area contributed by atoms with E-state index in [9.17, 15) is 22.8 Å². The van der Waals surface area contributed by atoms with Crippen LogP contribution in [0, 0.1) is 0 Å². The number of hydrogen-bond acceptors (Lipinski definition) is 6. The molecule has 1 rings (SSSR count). The molecule has 114 valence electrons. The van der Waals surface area contributed by atoms with Crippen molar-refractivity contribution in [2.75, 3.05) is 13.2 Å². The highest BCUT2D eigenvalue weighted by Crippen LogP contribution is 2.06. The second kappa shape index (κ2) is 7.36. The SMILES string of the molecule is NC(=O)NC(=O)COC(=O)CNS(=O)(=O)c1ccccc1. The number of carbonyl (C=O) groups is 3. The van der Waals surface area contributed by atoms with Crippen LogP contribution in [0.2, 0.25) is 0 Å². The lowest BCUT2D eigenvalue weighted by molar-refractivity contribution is -0.147. The third-order valence-corrected chi connectivity index (χ3v) is 3.50. The van der Waals surface area contributed by atoms with E-state index in [0.29, 0.717) is 0 Å². The average Bonchev–Trinajstić information content (AvgIpc) is 2.43. The summed E-state index contributed by atoms with van der Waals surface area (Å²) >= 11 is 0. The van der Waals surface area contributed by atoms with Crippen molar-refractivity contribution in [3.8, 4) is 0 Å². The predicted molar refractivity (Wildman–Crippen MR) is 70.3 cm³/mol. The molecule has 10 heteroatoms. The maximum absolute atomic E-state index is 11.8. The van der Waals surface area contributed by atoms with E-state index < -0.39 is 41.1 Å². The van der Waals surface area contributed by atoms with Crippen molar-refractivity contribution in [3.63, 3.8) is 0 Å². The van der Waals surface area contributed by atoms with Gasteiger partial charge in [0.15, 0.2) is 6.61 Å². The van der Waals surface area contributed by atoms with Gasteiger partial charge in [-0.25, -0.2) is 13.2 Å². The highest BCUT2D eigenvalue weighted by Gasteiger charge is 2.16. The van der Waals surface area contributed by atoms with E-state index >= 15 is 0 Å². The third kappa shape index (κ3) is 6.01. The van der Waals surface area contributed by atoms with Crippen molar-refractivity contribution >= 4 is 27.9 Å². The number of rotatable bonds is 6. The Morgan fingerprint density at radius 1 is 1.14 bits per heavy atom. The van der Waals surface area contributed by atoms with Crippen LogP contribution in [0.5, 0.6) is 0 Å². The largest absolute Gasteiger partial charge is 0.455 e. The van der Waals surface area contributed by atoms with Gasteiger partial charge in [0.25, 0.3) is 5.91 Å². The fourth-order valence-electron chi connectivity index (χ4n) is 1.21. The van der Waals surface area contributed by atoms with Gasteiger partial charge >= 0.3 is 12.0 Å². The van der Waals surface area contributed by atoms with Crippen LogP contribution in [0.4, 0.5) is 4.79 Å². The Kier molecular flexibility index (Phi) is 5.81. The molecular weight excluding hydrogens is 302 g/mol. The molecule has 0 saturated carbocycles. The molecule has 0 fully saturated rings. The molecule has 0 atom stereocenters. The van der Waals surface area contributed by atoms with E-state index in [1.165, 1.54) is 24.3 Å². The molecule has 0 aromatic heterocycles. The molecule has 1 aromatic rings. The first kappa shape index (κ1) is 16.6. The first-order valence-electron chi connectivity index (χ1n) is 5.61. The molecule has 0 aliphatic heterocycles. The molecule has 0 radical (unpaired) electrons. The Bertz CT molecular complexity index is 629. The van der Waals surface area contributed by atoms with Crippen LogP contribution in [-0.4, -0.2) is 39.5 Å². The molecular formula is C11H13N3O6S. The quantitative estimate of drug-likeness (QED) is 0.557.